The molecule has 0 radical (unpaired) electrons. The van der Waals surface area contributed by atoms with Crippen molar-refractivity contribution in [1.29, 1.82) is 0 Å². The maximum Gasteiger partial charge on any atom is 0.240 e. The van der Waals surface area contributed by atoms with Gasteiger partial charge in [0.25, 0.3) is 0 Å². The topological polar surface area (TPSA) is 49.4 Å². The minimum absolute atomic E-state index is 0.0352. The third kappa shape index (κ3) is 3.26. The number of nitrogens with one attached hydrogen (secondary N) is 1. The number of nitrogens with zero attached hydrogens (tertiary/aromatic N) is 1. The lowest BCUT2D eigenvalue weighted by molar-refractivity contribution is -0.135. The van der Waals surface area contributed by atoms with E-state index in [0.29, 0.717) is 13.0 Å². The standard InChI is InChI=1S/C17H22N2O2/c20-16(12-19-11-5-1-2-8-17(19)21)18-15-10-9-13-6-3-4-7-14(13)15/h3-4,6-7,15H,1-2,5,8-12H2,(H,18,20). The van der Waals surface area contributed by atoms with E-state index in [1.807, 2.05) is 12.1 Å². The van der Waals surface area contributed by atoms with Crippen LogP contribution in [0.25, 0.3) is 0 Å². The highest BCUT2D eigenvalue weighted by Gasteiger charge is 2.25. The molecule has 2 amide bonds. The number of rotatable bonds is 3. The molecule has 3 rings (SSSR count). The molecule has 1 aromatic rings. The number of amides is 2. The molecule has 0 bridgehead atoms. The van der Waals surface area contributed by atoms with Gasteiger partial charge >= 0.3 is 0 Å². The number of benzene rings is 1. The third-order valence-corrected chi connectivity index (χ3v) is 4.47. The van der Waals surface area contributed by atoms with E-state index >= 15 is 0 Å². The van der Waals surface area contributed by atoms with Gasteiger partial charge in [-0.15, -0.1) is 0 Å². The van der Waals surface area contributed by atoms with E-state index in [2.05, 4.69) is 17.4 Å². The molecule has 1 aromatic carbocycles. The molecule has 1 heterocycles. The van der Waals surface area contributed by atoms with Gasteiger partial charge in [0, 0.05) is 13.0 Å². The van der Waals surface area contributed by atoms with Gasteiger partial charge in [0.2, 0.25) is 11.8 Å². The fourth-order valence-corrected chi connectivity index (χ4v) is 3.33. The largest absolute Gasteiger partial charge is 0.348 e. The van der Waals surface area contributed by atoms with Gasteiger partial charge in [-0.3, -0.25) is 9.59 Å². The summed E-state index contributed by atoms with van der Waals surface area (Å²) in [5.74, 6) is 0.0847. The Kier molecular flexibility index (Phi) is 4.23. The summed E-state index contributed by atoms with van der Waals surface area (Å²) in [4.78, 5) is 25.9. The SMILES string of the molecule is O=C(CN1CCCCCC1=O)NC1CCc2ccccc21. The number of carbonyl (C=O) groups excluding carboxylic acids is 2. The number of hydrogen-bond donors (Lipinski definition) is 1. The van der Waals surface area contributed by atoms with Gasteiger partial charge in [0.1, 0.15) is 0 Å². The van der Waals surface area contributed by atoms with Crippen molar-refractivity contribution < 1.29 is 9.59 Å². The van der Waals surface area contributed by atoms with Crippen LogP contribution in [0.4, 0.5) is 0 Å². The second-order valence-corrected chi connectivity index (χ2v) is 5.98. The average Bonchev–Trinajstić information content (AvgIpc) is 2.77. The van der Waals surface area contributed by atoms with Gasteiger partial charge in [-0.2, -0.15) is 0 Å². The van der Waals surface area contributed by atoms with Crippen molar-refractivity contribution in [2.75, 3.05) is 13.1 Å². The Balaban J connectivity index is 1.58. The molecule has 2 aliphatic rings. The highest BCUT2D eigenvalue weighted by molar-refractivity contribution is 5.85. The second-order valence-electron chi connectivity index (χ2n) is 5.98. The highest BCUT2D eigenvalue weighted by atomic mass is 16.2. The Morgan fingerprint density at radius 3 is 2.95 bits per heavy atom. The summed E-state index contributed by atoms with van der Waals surface area (Å²) < 4.78 is 0. The maximum absolute atomic E-state index is 12.2. The summed E-state index contributed by atoms with van der Waals surface area (Å²) in [5, 5.41) is 3.09. The fraction of sp³-hybridized carbons (Fsp3) is 0.529. The molecule has 1 saturated heterocycles. The lowest BCUT2D eigenvalue weighted by atomic mass is 10.1. The lowest BCUT2D eigenvalue weighted by Crippen LogP contribution is -2.41. The Morgan fingerprint density at radius 1 is 1.19 bits per heavy atom. The minimum atomic E-state index is -0.0352. The number of likely N-dealkylation sites (tertiary alicyclic amines) is 1. The number of fused-ring (bicyclic) bond motifs is 1. The molecule has 4 nitrogen and oxygen atoms in total. The first kappa shape index (κ1) is 14.1. The summed E-state index contributed by atoms with van der Waals surface area (Å²) in [7, 11) is 0. The van der Waals surface area contributed by atoms with E-state index in [1.165, 1.54) is 11.1 Å². The molecule has 1 unspecified atom stereocenters. The Hall–Kier alpha value is -1.84. The van der Waals surface area contributed by atoms with Crippen LogP contribution >= 0.6 is 0 Å². The molecule has 1 atom stereocenters. The molecule has 0 saturated carbocycles. The van der Waals surface area contributed by atoms with Gasteiger partial charge in [0.15, 0.2) is 0 Å². The van der Waals surface area contributed by atoms with Gasteiger partial charge in [-0.1, -0.05) is 30.7 Å². The van der Waals surface area contributed by atoms with E-state index in [-0.39, 0.29) is 24.4 Å². The average molecular weight is 286 g/mol. The quantitative estimate of drug-likeness (QED) is 0.926. The van der Waals surface area contributed by atoms with E-state index in [9.17, 15) is 9.59 Å². The molecular weight excluding hydrogens is 264 g/mol. The summed E-state index contributed by atoms with van der Waals surface area (Å²) in [6, 6.07) is 8.38. The van der Waals surface area contributed by atoms with Crippen LogP contribution in [-0.4, -0.2) is 29.8 Å². The van der Waals surface area contributed by atoms with E-state index in [4.69, 9.17) is 0 Å². The summed E-state index contributed by atoms with van der Waals surface area (Å²) in [5.41, 5.74) is 2.56. The smallest absolute Gasteiger partial charge is 0.240 e. The predicted octanol–water partition coefficient (Wildman–Crippen LogP) is 2.19. The first-order valence-corrected chi connectivity index (χ1v) is 7.89. The normalized spacial score (nSPS) is 21.8. The zero-order valence-corrected chi connectivity index (χ0v) is 12.3. The lowest BCUT2D eigenvalue weighted by Gasteiger charge is -2.21. The van der Waals surface area contributed by atoms with Crippen LogP contribution in [0.1, 0.15) is 49.3 Å². The van der Waals surface area contributed by atoms with Crippen molar-refractivity contribution in [3.63, 3.8) is 0 Å². The summed E-state index contributed by atoms with van der Waals surface area (Å²) in [6.07, 6.45) is 5.60. The third-order valence-electron chi connectivity index (χ3n) is 4.47. The van der Waals surface area contributed by atoms with Crippen LogP contribution in [0.5, 0.6) is 0 Å². The van der Waals surface area contributed by atoms with E-state index in [0.717, 1.165) is 32.1 Å². The van der Waals surface area contributed by atoms with Crippen LogP contribution in [-0.2, 0) is 16.0 Å². The zero-order chi connectivity index (χ0) is 14.7. The minimum Gasteiger partial charge on any atom is -0.348 e. The van der Waals surface area contributed by atoms with Crippen LogP contribution in [0, 0.1) is 0 Å². The molecule has 1 N–H and O–H groups in total. The van der Waals surface area contributed by atoms with Crippen molar-refractivity contribution in [3.05, 3.63) is 35.4 Å². The molecule has 112 valence electrons. The first-order chi connectivity index (χ1) is 10.2. The molecule has 0 aromatic heterocycles. The van der Waals surface area contributed by atoms with Crippen molar-refractivity contribution in [2.45, 2.75) is 44.6 Å². The second kappa shape index (κ2) is 6.29. The van der Waals surface area contributed by atoms with Crippen LogP contribution in [0.3, 0.4) is 0 Å². The molecule has 1 aliphatic carbocycles. The van der Waals surface area contributed by atoms with Crippen LogP contribution in [0.15, 0.2) is 24.3 Å². The number of carbonyl (C=O) groups is 2. The molecule has 1 fully saturated rings. The Morgan fingerprint density at radius 2 is 2.05 bits per heavy atom. The van der Waals surface area contributed by atoms with Gasteiger partial charge in [-0.05, 0) is 36.8 Å². The van der Waals surface area contributed by atoms with Crippen molar-refractivity contribution in [2.24, 2.45) is 0 Å². The zero-order valence-electron chi connectivity index (χ0n) is 12.3. The molecule has 21 heavy (non-hydrogen) atoms. The van der Waals surface area contributed by atoms with E-state index in [1.54, 1.807) is 4.90 Å². The monoisotopic (exact) mass is 286 g/mol. The summed E-state index contributed by atoms with van der Waals surface area (Å²) in [6.45, 7) is 0.922. The molecular formula is C17H22N2O2. The highest BCUT2D eigenvalue weighted by Crippen LogP contribution is 2.30. The van der Waals surface area contributed by atoms with Gasteiger partial charge in [0.05, 0.1) is 12.6 Å². The van der Waals surface area contributed by atoms with Gasteiger partial charge in [-0.25, -0.2) is 0 Å². The maximum atomic E-state index is 12.2. The first-order valence-electron chi connectivity index (χ1n) is 7.89. The van der Waals surface area contributed by atoms with E-state index < -0.39 is 0 Å². The Bertz CT molecular complexity index is 541. The number of aryl methyl sites for hydroxylation is 1. The molecule has 0 spiro atoms. The summed E-state index contributed by atoms with van der Waals surface area (Å²) >= 11 is 0. The van der Waals surface area contributed by atoms with Gasteiger partial charge < -0.3 is 10.2 Å². The number of hydrogen-bond acceptors (Lipinski definition) is 2. The van der Waals surface area contributed by atoms with Crippen LogP contribution in [0.2, 0.25) is 0 Å². The van der Waals surface area contributed by atoms with Crippen molar-refractivity contribution >= 4 is 11.8 Å². The van der Waals surface area contributed by atoms with Crippen molar-refractivity contribution in [3.8, 4) is 0 Å². The van der Waals surface area contributed by atoms with Crippen LogP contribution < -0.4 is 5.32 Å². The molecule has 4 heteroatoms. The fourth-order valence-electron chi connectivity index (χ4n) is 3.33. The molecule has 1 aliphatic heterocycles. The van der Waals surface area contributed by atoms with Crippen molar-refractivity contribution in [1.82, 2.24) is 10.2 Å². The Labute approximate surface area is 125 Å². The predicted molar refractivity (Wildman–Crippen MR) is 80.7 cm³/mol.